The molecule has 0 radical (unpaired) electrons. The van der Waals surface area contributed by atoms with Crippen LogP contribution in [-0.2, 0) is 22.6 Å². The third kappa shape index (κ3) is 4.00. The van der Waals surface area contributed by atoms with Crippen molar-refractivity contribution in [3.8, 4) is 0 Å². The van der Waals surface area contributed by atoms with Crippen molar-refractivity contribution in [2.75, 3.05) is 5.32 Å². The lowest BCUT2D eigenvalue weighted by molar-refractivity contribution is -0.137. The number of carbonyl (C=O) groups excluding carboxylic acids is 2. The molecule has 0 unspecified atom stereocenters. The molecule has 30 heavy (non-hydrogen) atoms. The van der Waals surface area contributed by atoms with Crippen LogP contribution in [0.15, 0.2) is 84.6 Å². The molecule has 4 rings (SSSR count). The van der Waals surface area contributed by atoms with Crippen LogP contribution in [0.1, 0.15) is 23.6 Å². The maximum Gasteiger partial charge on any atom is 0.278 e. The number of anilines is 1. The van der Waals surface area contributed by atoms with Gasteiger partial charge in [0, 0.05) is 10.7 Å². The quantitative estimate of drug-likeness (QED) is 0.555. The van der Waals surface area contributed by atoms with Gasteiger partial charge in [0.1, 0.15) is 5.70 Å². The van der Waals surface area contributed by atoms with Crippen LogP contribution in [0.5, 0.6) is 0 Å². The molecule has 1 heterocycles. The van der Waals surface area contributed by atoms with E-state index in [-0.39, 0.29) is 18.4 Å². The number of rotatable bonds is 6. The van der Waals surface area contributed by atoms with E-state index in [0.717, 1.165) is 17.7 Å². The number of nitrogens with one attached hydrogen (secondary N) is 1. The van der Waals surface area contributed by atoms with Crippen molar-refractivity contribution in [1.29, 1.82) is 0 Å². The van der Waals surface area contributed by atoms with Crippen molar-refractivity contribution in [3.63, 3.8) is 0 Å². The summed E-state index contributed by atoms with van der Waals surface area (Å²) in [5.41, 5.74) is 4.20. The lowest BCUT2D eigenvalue weighted by Gasteiger charge is -2.15. The summed E-state index contributed by atoms with van der Waals surface area (Å²) in [4.78, 5) is 27.8. The molecular weight excluding hydrogens is 396 g/mol. The van der Waals surface area contributed by atoms with Crippen LogP contribution in [0.3, 0.4) is 0 Å². The molecule has 0 aliphatic carbocycles. The van der Waals surface area contributed by atoms with E-state index in [1.165, 1.54) is 10.5 Å². The van der Waals surface area contributed by atoms with Crippen LogP contribution in [0.25, 0.3) is 5.57 Å². The first-order valence-electron chi connectivity index (χ1n) is 9.83. The molecule has 0 fully saturated rings. The summed E-state index contributed by atoms with van der Waals surface area (Å²) in [5, 5.41) is 3.80. The highest BCUT2D eigenvalue weighted by Crippen LogP contribution is 2.31. The first-order chi connectivity index (χ1) is 14.6. The standard InChI is InChI=1S/C25H21ClN2O2/c1-2-17-10-14-21(15-11-17)27-23-22(19-6-4-3-5-7-19)24(29)28(25(23)30)16-18-8-12-20(26)13-9-18/h3-15,27H,2,16H2,1H3. The maximum atomic E-state index is 13.3. The van der Waals surface area contributed by atoms with Gasteiger partial charge in [0.2, 0.25) is 0 Å². The molecule has 0 bridgehead atoms. The van der Waals surface area contributed by atoms with Crippen LogP contribution in [-0.4, -0.2) is 16.7 Å². The number of halogens is 1. The van der Waals surface area contributed by atoms with Gasteiger partial charge in [0.15, 0.2) is 0 Å². The smallest absolute Gasteiger partial charge is 0.278 e. The molecule has 1 aliphatic heterocycles. The molecule has 3 aromatic rings. The summed E-state index contributed by atoms with van der Waals surface area (Å²) >= 11 is 5.96. The summed E-state index contributed by atoms with van der Waals surface area (Å²) in [7, 11) is 0. The molecular formula is C25H21ClN2O2. The maximum absolute atomic E-state index is 13.3. The van der Waals surface area contributed by atoms with Crippen molar-refractivity contribution < 1.29 is 9.59 Å². The molecule has 150 valence electrons. The van der Waals surface area contributed by atoms with Gasteiger partial charge in [0.05, 0.1) is 12.1 Å². The van der Waals surface area contributed by atoms with E-state index in [4.69, 9.17) is 11.6 Å². The van der Waals surface area contributed by atoms with Crippen molar-refractivity contribution in [2.45, 2.75) is 19.9 Å². The van der Waals surface area contributed by atoms with Gasteiger partial charge in [0.25, 0.3) is 11.8 Å². The van der Waals surface area contributed by atoms with Gasteiger partial charge >= 0.3 is 0 Å². The Hall–Kier alpha value is -3.37. The molecule has 1 aliphatic rings. The van der Waals surface area contributed by atoms with Gasteiger partial charge in [-0.25, -0.2) is 0 Å². The zero-order chi connectivity index (χ0) is 21.1. The molecule has 0 aromatic heterocycles. The second-order valence-corrected chi connectivity index (χ2v) is 7.55. The average molecular weight is 417 g/mol. The van der Waals surface area contributed by atoms with Gasteiger partial charge in [-0.2, -0.15) is 0 Å². The van der Waals surface area contributed by atoms with Crippen LogP contribution >= 0.6 is 11.6 Å². The largest absolute Gasteiger partial charge is 0.350 e. The number of aryl methyl sites for hydroxylation is 1. The van der Waals surface area contributed by atoms with Gasteiger partial charge in [-0.05, 0) is 47.4 Å². The van der Waals surface area contributed by atoms with Crippen molar-refractivity contribution in [3.05, 3.63) is 106 Å². The number of imide groups is 1. The Bertz CT molecular complexity index is 1100. The van der Waals surface area contributed by atoms with E-state index >= 15 is 0 Å². The normalized spacial score (nSPS) is 13.9. The Morgan fingerprint density at radius 1 is 0.800 bits per heavy atom. The van der Waals surface area contributed by atoms with Crippen molar-refractivity contribution in [2.24, 2.45) is 0 Å². The van der Waals surface area contributed by atoms with Gasteiger partial charge in [-0.3, -0.25) is 14.5 Å². The Kier molecular flexibility index (Phi) is 5.68. The molecule has 0 spiro atoms. The number of amides is 2. The van der Waals surface area contributed by atoms with Crippen LogP contribution < -0.4 is 5.32 Å². The lowest BCUT2D eigenvalue weighted by atomic mass is 10.0. The van der Waals surface area contributed by atoms with Gasteiger partial charge < -0.3 is 5.32 Å². The first kappa shape index (κ1) is 19.9. The molecule has 4 nitrogen and oxygen atoms in total. The molecule has 1 N–H and O–H groups in total. The van der Waals surface area contributed by atoms with Crippen LogP contribution in [0.2, 0.25) is 5.02 Å². The van der Waals surface area contributed by atoms with Gasteiger partial charge in [-0.15, -0.1) is 0 Å². The van der Waals surface area contributed by atoms with E-state index in [2.05, 4.69) is 12.2 Å². The second-order valence-electron chi connectivity index (χ2n) is 7.11. The van der Waals surface area contributed by atoms with E-state index in [1.54, 1.807) is 12.1 Å². The third-order valence-corrected chi connectivity index (χ3v) is 5.37. The predicted molar refractivity (Wildman–Crippen MR) is 120 cm³/mol. The molecule has 0 atom stereocenters. The highest BCUT2D eigenvalue weighted by molar-refractivity contribution is 6.36. The fourth-order valence-electron chi connectivity index (χ4n) is 3.45. The van der Waals surface area contributed by atoms with Crippen molar-refractivity contribution in [1.82, 2.24) is 4.90 Å². The Morgan fingerprint density at radius 3 is 2.07 bits per heavy atom. The minimum atomic E-state index is -0.339. The molecule has 2 amide bonds. The SMILES string of the molecule is CCc1ccc(NC2=C(c3ccccc3)C(=O)N(Cc3ccc(Cl)cc3)C2=O)cc1. The second kappa shape index (κ2) is 8.56. The van der Waals surface area contributed by atoms with E-state index in [0.29, 0.717) is 21.9 Å². The third-order valence-electron chi connectivity index (χ3n) is 5.12. The molecule has 0 saturated heterocycles. The van der Waals surface area contributed by atoms with Gasteiger partial charge in [-0.1, -0.05) is 73.1 Å². The summed E-state index contributed by atoms with van der Waals surface area (Å²) in [6.07, 6.45) is 0.935. The zero-order valence-corrected chi connectivity index (χ0v) is 17.3. The number of hydrogen-bond donors (Lipinski definition) is 1. The number of benzene rings is 3. The van der Waals surface area contributed by atoms with Crippen LogP contribution in [0, 0.1) is 0 Å². The minimum Gasteiger partial charge on any atom is -0.350 e. The highest BCUT2D eigenvalue weighted by atomic mass is 35.5. The van der Waals surface area contributed by atoms with Crippen LogP contribution in [0.4, 0.5) is 5.69 Å². The van der Waals surface area contributed by atoms with E-state index in [9.17, 15) is 9.59 Å². The number of hydrogen-bond acceptors (Lipinski definition) is 3. The fraction of sp³-hybridized carbons (Fsp3) is 0.120. The molecule has 5 heteroatoms. The minimum absolute atomic E-state index is 0.186. The highest BCUT2D eigenvalue weighted by Gasteiger charge is 2.39. The monoisotopic (exact) mass is 416 g/mol. The topological polar surface area (TPSA) is 49.4 Å². The summed E-state index contributed by atoms with van der Waals surface area (Å²) < 4.78 is 0. The summed E-state index contributed by atoms with van der Waals surface area (Å²) in [5.74, 6) is -0.651. The number of nitrogens with zero attached hydrogens (tertiary/aromatic N) is 1. The summed E-state index contributed by atoms with van der Waals surface area (Å²) in [6.45, 7) is 2.28. The van der Waals surface area contributed by atoms with E-state index in [1.807, 2.05) is 66.7 Å². The Morgan fingerprint density at radius 2 is 1.43 bits per heavy atom. The predicted octanol–water partition coefficient (Wildman–Crippen LogP) is 5.29. The molecule has 0 saturated carbocycles. The van der Waals surface area contributed by atoms with E-state index < -0.39 is 0 Å². The molecule has 3 aromatic carbocycles. The first-order valence-corrected chi connectivity index (χ1v) is 10.2. The lowest BCUT2D eigenvalue weighted by Crippen LogP contribution is -2.32. The summed E-state index contributed by atoms with van der Waals surface area (Å²) in [6, 6.07) is 24.3. The fourth-order valence-corrected chi connectivity index (χ4v) is 3.57. The average Bonchev–Trinajstić information content (AvgIpc) is 3.00. The zero-order valence-electron chi connectivity index (χ0n) is 16.6. The van der Waals surface area contributed by atoms with Crippen molar-refractivity contribution >= 4 is 34.7 Å². The number of carbonyl (C=O) groups is 2. The Labute approximate surface area is 180 Å². The Balaban J connectivity index is 1.69.